The number of hydrogen-bond donors (Lipinski definition) is 1. The second-order valence-electron chi connectivity index (χ2n) is 5.17. The van der Waals surface area contributed by atoms with Gasteiger partial charge in [0.05, 0.1) is 6.04 Å². The van der Waals surface area contributed by atoms with E-state index in [4.69, 9.17) is 0 Å². The second-order valence-corrected chi connectivity index (χ2v) is 5.17. The molecule has 1 aromatic heterocycles. The summed E-state index contributed by atoms with van der Waals surface area (Å²) < 4.78 is 13.6. The summed E-state index contributed by atoms with van der Waals surface area (Å²) in [4.78, 5) is 4.41. The first-order valence-electron chi connectivity index (χ1n) is 6.96. The van der Waals surface area contributed by atoms with Crippen LogP contribution in [0.2, 0.25) is 0 Å². The number of nitrogens with one attached hydrogen (secondary N) is 1. The van der Waals surface area contributed by atoms with Crippen molar-refractivity contribution in [1.29, 1.82) is 0 Å². The van der Waals surface area contributed by atoms with Crippen LogP contribution in [0.4, 0.5) is 4.39 Å². The first-order chi connectivity index (χ1) is 9.51. The average molecular weight is 272 g/mol. The highest BCUT2D eigenvalue weighted by molar-refractivity contribution is 5.38. The number of hydrogen-bond acceptors (Lipinski definition) is 2. The van der Waals surface area contributed by atoms with Crippen LogP contribution in [0.15, 0.2) is 30.3 Å². The van der Waals surface area contributed by atoms with E-state index in [-0.39, 0.29) is 11.9 Å². The molecule has 0 radical (unpaired) electrons. The summed E-state index contributed by atoms with van der Waals surface area (Å²) >= 11 is 0. The molecule has 1 heterocycles. The molecule has 0 fully saturated rings. The number of aromatic nitrogens is 1. The van der Waals surface area contributed by atoms with Gasteiger partial charge < -0.3 is 5.32 Å². The highest BCUT2D eigenvalue weighted by atomic mass is 19.1. The van der Waals surface area contributed by atoms with E-state index in [0.29, 0.717) is 0 Å². The monoisotopic (exact) mass is 272 g/mol. The average Bonchev–Trinajstić information content (AvgIpc) is 2.38. The van der Waals surface area contributed by atoms with Crippen molar-refractivity contribution in [3.05, 3.63) is 64.2 Å². The van der Waals surface area contributed by atoms with Crippen LogP contribution >= 0.6 is 0 Å². The molecule has 1 N–H and O–H groups in total. The minimum absolute atomic E-state index is 0.00361. The highest BCUT2D eigenvalue weighted by Crippen LogP contribution is 2.26. The Balaban J connectivity index is 2.52. The first-order valence-corrected chi connectivity index (χ1v) is 6.96. The molecule has 0 amide bonds. The van der Waals surface area contributed by atoms with Crippen LogP contribution in [0, 0.1) is 26.6 Å². The first kappa shape index (κ1) is 14.7. The van der Waals surface area contributed by atoms with Crippen molar-refractivity contribution in [2.24, 2.45) is 0 Å². The van der Waals surface area contributed by atoms with Crippen molar-refractivity contribution >= 4 is 0 Å². The Hall–Kier alpha value is -1.74. The molecule has 0 spiro atoms. The molecule has 1 atom stereocenters. The molecule has 2 nitrogen and oxygen atoms in total. The van der Waals surface area contributed by atoms with Crippen molar-refractivity contribution < 1.29 is 4.39 Å². The van der Waals surface area contributed by atoms with Crippen LogP contribution in [0.3, 0.4) is 0 Å². The summed E-state index contributed by atoms with van der Waals surface area (Å²) in [5.41, 5.74) is 5.17. The number of halogens is 1. The normalized spacial score (nSPS) is 12.4. The Morgan fingerprint density at radius 1 is 1.10 bits per heavy atom. The smallest absolute Gasteiger partial charge is 0.123 e. The number of pyridine rings is 1. The van der Waals surface area contributed by atoms with Crippen molar-refractivity contribution in [2.45, 2.75) is 33.7 Å². The van der Waals surface area contributed by atoms with Crippen LogP contribution in [0.1, 0.15) is 41.0 Å². The van der Waals surface area contributed by atoms with Gasteiger partial charge in [-0.2, -0.15) is 0 Å². The van der Waals surface area contributed by atoms with Gasteiger partial charge >= 0.3 is 0 Å². The van der Waals surface area contributed by atoms with Gasteiger partial charge in [0.25, 0.3) is 0 Å². The highest BCUT2D eigenvalue weighted by Gasteiger charge is 2.16. The lowest BCUT2D eigenvalue weighted by molar-refractivity contribution is 0.600. The van der Waals surface area contributed by atoms with Crippen LogP contribution in [0.25, 0.3) is 0 Å². The molecule has 2 rings (SSSR count). The molecule has 2 aromatic rings. The summed E-state index contributed by atoms with van der Waals surface area (Å²) in [6.45, 7) is 8.86. The standard InChI is InChI=1S/C17H21FN2/c1-5-19-17(14-8-12(3)20-13(4)9-14)16-10-15(18)7-6-11(16)2/h6-10,17,19H,5H2,1-4H3. The van der Waals surface area contributed by atoms with Gasteiger partial charge in [-0.3, -0.25) is 4.98 Å². The topological polar surface area (TPSA) is 24.9 Å². The molecule has 0 saturated heterocycles. The number of benzene rings is 1. The molecular formula is C17H21FN2. The van der Waals surface area contributed by atoms with E-state index in [1.165, 1.54) is 6.07 Å². The summed E-state index contributed by atoms with van der Waals surface area (Å²) in [6.07, 6.45) is 0. The quantitative estimate of drug-likeness (QED) is 0.914. The van der Waals surface area contributed by atoms with Gasteiger partial charge in [-0.25, -0.2) is 4.39 Å². The van der Waals surface area contributed by atoms with Crippen molar-refractivity contribution in [2.75, 3.05) is 6.54 Å². The van der Waals surface area contributed by atoms with E-state index in [0.717, 1.165) is 34.6 Å². The molecule has 1 aromatic carbocycles. The lowest BCUT2D eigenvalue weighted by Crippen LogP contribution is -2.23. The third-order valence-corrected chi connectivity index (χ3v) is 3.40. The van der Waals surface area contributed by atoms with Gasteiger partial charge in [0.15, 0.2) is 0 Å². The fraction of sp³-hybridized carbons (Fsp3) is 0.353. The molecule has 1 unspecified atom stereocenters. The van der Waals surface area contributed by atoms with E-state index in [9.17, 15) is 4.39 Å². The van der Waals surface area contributed by atoms with Gasteiger partial charge in [-0.05, 0) is 68.3 Å². The second kappa shape index (κ2) is 6.14. The third kappa shape index (κ3) is 3.23. The van der Waals surface area contributed by atoms with Crippen LogP contribution in [-0.4, -0.2) is 11.5 Å². The fourth-order valence-corrected chi connectivity index (χ4v) is 2.57. The SMILES string of the molecule is CCNC(c1cc(C)nc(C)c1)c1cc(F)ccc1C. The van der Waals surface area contributed by atoms with Gasteiger partial charge in [-0.15, -0.1) is 0 Å². The zero-order valence-electron chi connectivity index (χ0n) is 12.5. The number of aryl methyl sites for hydroxylation is 3. The van der Waals surface area contributed by atoms with Gasteiger partial charge in [0.2, 0.25) is 0 Å². The number of nitrogens with zero attached hydrogens (tertiary/aromatic N) is 1. The van der Waals surface area contributed by atoms with Gasteiger partial charge in [0, 0.05) is 11.4 Å². The maximum absolute atomic E-state index is 13.6. The predicted octanol–water partition coefficient (Wildman–Crippen LogP) is 3.84. The zero-order chi connectivity index (χ0) is 14.7. The van der Waals surface area contributed by atoms with E-state index < -0.39 is 0 Å². The Kier molecular flexibility index (Phi) is 4.50. The van der Waals surface area contributed by atoms with Crippen LogP contribution < -0.4 is 5.32 Å². The minimum atomic E-state index is -0.198. The molecule has 0 aliphatic rings. The van der Waals surface area contributed by atoms with E-state index >= 15 is 0 Å². The van der Waals surface area contributed by atoms with Crippen LogP contribution in [0.5, 0.6) is 0 Å². The molecule has 0 saturated carbocycles. The largest absolute Gasteiger partial charge is 0.307 e. The van der Waals surface area contributed by atoms with E-state index in [1.807, 2.05) is 26.8 Å². The predicted molar refractivity (Wildman–Crippen MR) is 80.4 cm³/mol. The Labute approximate surface area is 120 Å². The zero-order valence-corrected chi connectivity index (χ0v) is 12.5. The molecule has 20 heavy (non-hydrogen) atoms. The summed E-state index contributed by atoms with van der Waals surface area (Å²) in [6, 6.07) is 9.07. The minimum Gasteiger partial charge on any atom is -0.307 e. The molecule has 0 aliphatic carbocycles. The lowest BCUT2D eigenvalue weighted by atomic mass is 9.94. The Morgan fingerprint density at radius 2 is 1.75 bits per heavy atom. The Bertz CT molecular complexity index is 588. The summed E-state index contributed by atoms with van der Waals surface area (Å²) in [7, 11) is 0. The van der Waals surface area contributed by atoms with E-state index in [1.54, 1.807) is 6.07 Å². The molecular weight excluding hydrogens is 251 g/mol. The Morgan fingerprint density at radius 3 is 2.35 bits per heavy atom. The lowest BCUT2D eigenvalue weighted by Gasteiger charge is -2.21. The van der Waals surface area contributed by atoms with Crippen LogP contribution in [-0.2, 0) is 0 Å². The maximum atomic E-state index is 13.6. The van der Waals surface area contributed by atoms with E-state index in [2.05, 4.69) is 29.4 Å². The number of rotatable bonds is 4. The summed E-state index contributed by atoms with van der Waals surface area (Å²) in [5, 5.41) is 3.44. The molecule has 3 heteroatoms. The van der Waals surface area contributed by atoms with Gasteiger partial charge in [0.1, 0.15) is 5.82 Å². The molecule has 106 valence electrons. The van der Waals surface area contributed by atoms with Crippen molar-refractivity contribution in [3.63, 3.8) is 0 Å². The maximum Gasteiger partial charge on any atom is 0.123 e. The summed E-state index contributed by atoms with van der Waals surface area (Å²) in [5.74, 6) is -0.198. The molecule has 0 aliphatic heterocycles. The third-order valence-electron chi connectivity index (χ3n) is 3.40. The fourth-order valence-electron chi connectivity index (χ4n) is 2.57. The van der Waals surface area contributed by atoms with Gasteiger partial charge in [-0.1, -0.05) is 13.0 Å². The van der Waals surface area contributed by atoms with Crippen molar-refractivity contribution in [3.8, 4) is 0 Å². The van der Waals surface area contributed by atoms with Crippen molar-refractivity contribution in [1.82, 2.24) is 10.3 Å². The molecule has 0 bridgehead atoms.